The van der Waals surface area contributed by atoms with Gasteiger partial charge in [-0.15, -0.1) is 24.0 Å². The zero-order valence-electron chi connectivity index (χ0n) is 18.3. The van der Waals surface area contributed by atoms with Crippen LogP contribution in [-0.4, -0.2) is 52.2 Å². The van der Waals surface area contributed by atoms with Crippen molar-refractivity contribution in [2.45, 2.75) is 37.2 Å². The number of hydrogen-bond acceptors (Lipinski definition) is 4. The number of nitrogens with zero attached hydrogens (tertiary/aromatic N) is 2. The molecule has 2 N–H and O–H groups in total. The van der Waals surface area contributed by atoms with Gasteiger partial charge in [-0.05, 0) is 61.2 Å². The molecule has 0 atom stereocenters. The Bertz CT molecular complexity index is 939. The van der Waals surface area contributed by atoms with Crippen molar-refractivity contribution in [3.8, 4) is 0 Å². The fraction of sp³-hybridized carbons (Fsp3) is 0.435. The summed E-state index contributed by atoms with van der Waals surface area (Å²) >= 11 is 0. The lowest BCUT2D eigenvalue weighted by Crippen LogP contribution is -2.37. The lowest BCUT2D eigenvalue weighted by Gasteiger charge is -2.15. The Morgan fingerprint density at radius 1 is 0.935 bits per heavy atom. The molecule has 1 saturated heterocycles. The SMILES string of the molecule is CN=C(NCCc1ccc(S(C)(=O)=O)cc1)NCc1ccc(CN2CCCC2)cc1.I. The Hall–Kier alpha value is -1.65. The van der Waals surface area contributed by atoms with Gasteiger partial charge in [0.2, 0.25) is 0 Å². The normalized spacial score (nSPS) is 14.8. The van der Waals surface area contributed by atoms with Crippen LogP contribution in [0.1, 0.15) is 29.5 Å². The Kier molecular flexibility index (Phi) is 10.2. The molecular weight excluding hydrogens is 523 g/mol. The molecule has 0 saturated carbocycles. The number of guanidine groups is 1. The number of likely N-dealkylation sites (tertiary alicyclic amines) is 1. The summed E-state index contributed by atoms with van der Waals surface area (Å²) in [6, 6.07) is 15.8. The first-order valence-corrected chi connectivity index (χ1v) is 12.4. The maximum Gasteiger partial charge on any atom is 0.191 e. The van der Waals surface area contributed by atoms with Gasteiger partial charge in [0.1, 0.15) is 0 Å². The first-order chi connectivity index (χ1) is 14.4. The molecule has 6 nitrogen and oxygen atoms in total. The van der Waals surface area contributed by atoms with Crippen LogP contribution in [0, 0.1) is 0 Å². The minimum absolute atomic E-state index is 0. The van der Waals surface area contributed by atoms with Crippen LogP contribution in [-0.2, 0) is 29.3 Å². The van der Waals surface area contributed by atoms with E-state index in [1.807, 2.05) is 12.1 Å². The maximum atomic E-state index is 11.5. The number of sulfone groups is 1. The maximum absolute atomic E-state index is 11.5. The molecule has 0 aromatic heterocycles. The number of hydrogen-bond donors (Lipinski definition) is 2. The highest BCUT2D eigenvalue weighted by molar-refractivity contribution is 14.0. The molecule has 0 radical (unpaired) electrons. The van der Waals surface area contributed by atoms with E-state index in [-0.39, 0.29) is 24.0 Å². The zero-order chi connectivity index (χ0) is 21.4. The zero-order valence-corrected chi connectivity index (χ0v) is 21.4. The van der Waals surface area contributed by atoms with Crippen molar-refractivity contribution in [1.82, 2.24) is 15.5 Å². The van der Waals surface area contributed by atoms with Gasteiger partial charge in [-0.2, -0.15) is 0 Å². The lowest BCUT2D eigenvalue weighted by molar-refractivity contribution is 0.331. The van der Waals surface area contributed by atoms with E-state index < -0.39 is 9.84 Å². The number of rotatable bonds is 8. The second-order valence-corrected chi connectivity index (χ2v) is 9.83. The van der Waals surface area contributed by atoms with Crippen LogP contribution in [0.3, 0.4) is 0 Å². The Labute approximate surface area is 203 Å². The standard InChI is InChI=1S/C23H32N4O2S.HI/c1-24-23(25-14-13-19-9-11-22(12-10-19)30(2,28)29)26-17-20-5-7-21(8-6-20)18-27-15-3-4-16-27;/h5-12H,3-4,13-18H2,1-2H3,(H2,24,25,26);1H. The third-order valence-corrected chi connectivity index (χ3v) is 6.50. The van der Waals surface area contributed by atoms with Crippen molar-refractivity contribution >= 4 is 39.8 Å². The van der Waals surface area contributed by atoms with E-state index in [9.17, 15) is 8.42 Å². The molecule has 3 rings (SSSR count). The topological polar surface area (TPSA) is 73.8 Å². The molecule has 1 aliphatic rings. The van der Waals surface area contributed by atoms with E-state index >= 15 is 0 Å². The van der Waals surface area contributed by atoms with Gasteiger partial charge in [-0.1, -0.05) is 36.4 Å². The minimum Gasteiger partial charge on any atom is -0.356 e. The Morgan fingerprint density at radius 2 is 1.52 bits per heavy atom. The molecule has 0 amide bonds. The third-order valence-electron chi connectivity index (χ3n) is 5.37. The largest absolute Gasteiger partial charge is 0.356 e. The van der Waals surface area contributed by atoms with E-state index in [4.69, 9.17) is 0 Å². The van der Waals surface area contributed by atoms with E-state index in [1.54, 1.807) is 19.2 Å². The minimum atomic E-state index is -3.15. The molecule has 170 valence electrons. The van der Waals surface area contributed by atoms with E-state index in [2.05, 4.69) is 44.8 Å². The van der Waals surface area contributed by atoms with Gasteiger partial charge in [0, 0.05) is 32.9 Å². The molecule has 2 aromatic carbocycles. The fourth-order valence-corrected chi connectivity index (χ4v) is 4.23. The van der Waals surface area contributed by atoms with E-state index in [1.165, 1.54) is 43.3 Å². The van der Waals surface area contributed by atoms with Crippen LogP contribution in [0.25, 0.3) is 0 Å². The van der Waals surface area contributed by atoms with Gasteiger partial charge >= 0.3 is 0 Å². The summed E-state index contributed by atoms with van der Waals surface area (Å²) in [6.45, 7) is 4.90. The highest BCUT2D eigenvalue weighted by atomic mass is 127. The third kappa shape index (κ3) is 8.42. The molecule has 1 fully saturated rings. The molecular formula is C23H33IN4O2S. The summed E-state index contributed by atoms with van der Waals surface area (Å²) in [5.41, 5.74) is 3.67. The molecule has 2 aromatic rings. The van der Waals surface area contributed by atoms with E-state index in [0.29, 0.717) is 18.0 Å². The van der Waals surface area contributed by atoms with Crippen molar-refractivity contribution < 1.29 is 8.42 Å². The first-order valence-electron chi connectivity index (χ1n) is 10.5. The summed E-state index contributed by atoms with van der Waals surface area (Å²) in [6.07, 6.45) is 4.65. The second kappa shape index (κ2) is 12.4. The number of aliphatic imine (C=N–C) groups is 1. The number of nitrogens with one attached hydrogen (secondary N) is 2. The van der Waals surface area contributed by atoms with Crippen molar-refractivity contribution in [2.24, 2.45) is 4.99 Å². The van der Waals surface area contributed by atoms with Crippen LogP contribution < -0.4 is 10.6 Å². The van der Waals surface area contributed by atoms with Gasteiger partial charge in [0.15, 0.2) is 15.8 Å². The predicted octanol–water partition coefficient (Wildman–Crippen LogP) is 3.21. The molecule has 1 heterocycles. The predicted molar refractivity (Wildman–Crippen MR) is 138 cm³/mol. The van der Waals surface area contributed by atoms with Crippen molar-refractivity contribution in [3.63, 3.8) is 0 Å². The smallest absolute Gasteiger partial charge is 0.191 e. The summed E-state index contributed by atoms with van der Waals surface area (Å²) in [5.74, 6) is 0.754. The van der Waals surface area contributed by atoms with Crippen LogP contribution >= 0.6 is 24.0 Å². The van der Waals surface area contributed by atoms with Crippen molar-refractivity contribution in [2.75, 3.05) is 32.9 Å². The Morgan fingerprint density at radius 3 is 2.10 bits per heavy atom. The van der Waals surface area contributed by atoms with Crippen LogP contribution in [0.2, 0.25) is 0 Å². The fourth-order valence-electron chi connectivity index (χ4n) is 3.60. The van der Waals surface area contributed by atoms with Crippen molar-refractivity contribution in [3.05, 3.63) is 65.2 Å². The summed E-state index contributed by atoms with van der Waals surface area (Å²) in [5, 5.41) is 6.65. The van der Waals surface area contributed by atoms with Crippen molar-refractivity contribution in [1.29, 1.82) is 0 Å². The monoisotopic (exact) mass is 556 g/mol. The average Bonchev–Trinajstić information content (AvgIpc) is 3.24. The number of halogens is 1. The summed E-state index contributed by atoms with van der Waals surface area (Å²) < 4.78 is 23.1. The van der Waals surface area contributed by atoms with Gasteiger partial charge < -0.3 is 10.6 Å². The number of benzene rings is 2. The lowest BCUT2D eigenvalue weighted by atomic mass is 10.1. The molecule has 0 aliphatic carbocycles. The Balaban J connectivity index is 0.00000341. The van der Waals surface area contributed by atoms with E-state index in [0.717, 1.165) is 24.5 Å². The highest BCUT2D eigenvalue weighted by Crippen LogP contribution is 2.13. The van der Waals surface area contributed by atoms with Crippen LogP contribution in [0.15, 0.2) is 58.4 Å². The molecule has 0 spiro atoms. The van der Waals surface area contributed by atoms with Gasteiger partial charge in [0.05, 0.1) is 4.90 Å². The van der Waals surface area contributed by atoms with Gasteiger partial charge in [-0.25, -0.2) is 8.42 Å². The average molecular weight is 557 g/mol. The molecule has 0 bridgehead atoms. The first kappa shape index (κ1) is 25.6. The van der Waals surface area contributed by atoms with Gasteiger partial charge in [0.25, 0.3) is 0 Å². The van der Waals surface area contributed by atoms with Crippen LogP contribution in [0.5, 0.6) is 0 Å². The quantitative estimate of drug-likeness (QED) is 0.297. The van der Waals surface area contributed by atoms with Gasteiger partial charge in [-0.3, -0.25) is 9.89 Å². The summed E-state index contributed by atoms with van der Waals surface area (Å²) in [4.78, 5) is 7.13. The molecule has 8 heteroatoms. The highest BCUT2D eigenvalue weighted by Gasteiger charge is 2.11. The second-order valence-electron chi connectivity index (χ2n) is 7.82. The van der Waals surface area contributed by atoms with Crippen LogP contribution in [0.4, 0.5) is 0 Å². The molecule has 1 aliphatic heterocycles. The molecule has 0 unspecified atom stereocenters. The molecule has 31 heavy (non-hydrogen) atoms. The summed E-state index contributed by atoms with van der Waals surface area (Å²) in [7, 11) is -1.39.